The summed E-state index contributed by atoms with van der Waals surface area (Å²) in [4.78, 5) is 0. The SMILES string of the molecule is CCOC(C)P(=O)(C(C)OCC)C(C)OCC. The van der Waals surface area contributed by atoms with Crippen molar-refractivity contribution in [3.63, 3.8) is 0 Å². The second-order valence-electron chi connectivity index (χ2n) is 3.93. The first-order valence-corrected chi connectivity index (χ1v) is 8.30. The monoisotopic (exact) mass is 266 g/mol. The molecule has 5 heteroatoms. The molecule has 0 N–H and O–H groups in total. The van der Waals surface area contributed by atoms with Crippen molar-refractivity contribution in [3.8, 4) is 0 Å². The van der Waals surface area contributed by atoms with Gasteiger partial charge in [-0.3, -0.25) is 0 Å². The van der Waals surface area contributed by atoms with E-state index >= 15 is 0 Å². The Balaban J connectivity index is 4.98. The molecule has 0 saturated heterocycles. The molecular formula is C12H27O4P. The molecule has 0 aromatic carbocycles. The van der Waals surface area contributed by atoms with Crippen LogP contribution in [0.5, 0.6) is 0 Å². The van der Waals surface area contributed by atoms with E-state index in [0.29, 0.717) is 19.8 Å². The minimum atomic E-state index is -2.71. The molecule has 17 heavy (non-hydrogen) atoms. The summed E-state index contributed by atoms with van der Waals surface area (Å²) in [5.74, 6) is -1.01. The average molecular weight is 266 g/mol. The lowest BCUT2D eigenvalue weighted by molar-refractivity contribution is 0.0736. The quantitative estimate of drug-likeness (QED) is 0.599. The van der Waals surface area contributed by atoms with Gasteiger partial charge in [0.25, 0.3) is 0 Å². The molecule has 3 atom stereocenters. The standard InChI is InChI=1S/C12H27O4P/c1-7-14-10(4)17(13,11(5)15-8-2)12(6)16-9-3/h10-12H,7-9H2,1-6H3. The van der Waals surface area contributed by atoms with Gasteiger partial charge in [-0.15, -0.1) is 0 Å². The first kappa shape index (κ1) is 17.1. The third kappa shape index (κ3) is 4.36. The van der Waals surface area contributed by atoms with E-state index in [2.05, 4.69) is 0 Å². The van der Waals surface area contributed by atoms with Gasteiger partial charge in [-0.1, -0.05) is 0 Å². The van der Waals surface area contributed by atoms with E-state index in [4.69, 9.17) is 14.2 Å². The number of ether oxygens (including phenoxy) is 3. The Labute approximate surface area is 105 Å². The van der Waals surface area contributed by atoms with E-state index in [9.17, 15) is 4.57 Å². The van der Waals surface area contributed by atoms with Gasteiger partial charge in [-0.25, -0.2) is 0 Å². The third-order valence-corrected chi connectivity index (χ3v) is 6.79. The first-order valence-electron chi connectivity index (χ1n) is 6.38. The van der Waals surface area contributed by atoms with Crippen molar-refractivity contribution in [1.82, 2.24) is 0 Å². The highest BCUT2D eigenvalue weighted by molar-refractivity contribution is 7.65. The Morgan fingerprint density at radius 2 is 1.00 bits per heavy atom. The fraction of sp³-hybridized carbons (Fsp3) is 1.00. The maximum absolute atomic E-state index is 13.1. The van der Waals surface area contributed by atoms with Crippen molar-refractivity contribution in [2.45, 2.75) is 59.1 Å². The molecule has 0 aliphatic carbocycles. The Morgan fingerprint density at radius 3 is 1.18 bits per heavy atom. The Bertz CT molecular complexity index is 207. The van der Waals surface area contributed by atoms with Crippen LogP contribution in [0.25, 0.3) is 0 Å². The largest absolute Gasteiger partial charge is 0.371 e. The molecule has 104 valence electrons. The Hall–Kier alpha value is 0.110. The van der Waals surface area contributed by atoms with E-state index in [0.717, 1.165) is 0 Å². The molecule has 0 bridgehead atoms. The van der Waals surface area contributed by atoms with Crippen LogP contribution >= 0.6 is 7.14 Å². The predicted octanol–water partition coefficient (Wildman–Crippen LogP) is 3.50. The fourth-order valence-corrected chi connectivity index (χ4v) is 4.88. The molecule has 0 spiro atoms. The predicted molar refractivity (Wildman–Crippen MR) is 70.9 cm³/mol. The van der Waals surface area contributed by atoms with Gasteiger partial charge in [0.05, 0.1) is 0 Å². The van der Waals surface area contributed by atoms with Gasteiger partial charge in [-0.2, -0.15) is 0 Å². The second kappa shape index (κ2) is 8.25. The zero-order chi connectivity index (χ0) is 13.5. The van der Waals surface area contributed by atoms with Crippen molar-refractivity contribution in [2.75, 3.05) is 19.8 Å². The summed E-state index contributed by atoms with van der Waals surface area (Å²) < 4.78 is 29.7. The van der Waals surface area contributed by atoms with Crippen LogP contribution in [0.2, 0.25) is 0 Å². The summed E-state index contributed by atoms with van der Waals surface area (Å²) in [5.41, 5.74) is 0. The molecule has 0 aromatic rings. The first-order chi connectivity index (χ1) is 7.94. The lowest BCUT2D eigenvalue weighted by Gasteiger charge is -2.34. The van der Waals surface area contributed by atoms with Crippen molar-refractivity contribution in [2.24, 2.45) is 0 Å². The highest BCUT2D eigenvalue weighted by Crippen LogP contribution is 2.60. The number of hydrogen-bond acceptors (Lipinski definition) is 4. The summed E-state index contributed by atoms with van der Waals surface area (Å²) in [7, 11) is -2.71. The summed E-state index contributed by atoms with van der Waals surface area (Å²) in [5, 5.41) is 0. The van der Waals surface area contributed by atoms with Gasteiger partial charge in [0.15, 0.2) is 7.14 Å². The topological polar surface area (TPSA) is 44.8 Å². The van der Waals surface area contributed by atoms with Crippen molar-refractivity contribution < 1.29 is 18.8 Å². The van der Waals surface area contributed by atoms with Gasteiger partial charge in [0, 0.05) is 19.8 Å². The fourth-order valence-electron chi connectivity index (χ4n) is 1.96. The molecule has 0 saturated carbocycles. The highest BCUT2D eigenvalue weighted by atomic mass is 31.2. The Morgan fingerprint density at radius 1 is 0.765 bits per heavy atom. The molecule has 0 amide bonds. The van der Waals surface area contributed by atoms with E-state index < -0.39 is 7.14 Å². The van der Waals surface area contributed by atoms with Crippen LogP contribution in [0.3, 0.4) is 0 Å². The Kier molecular flexibility index (Phi) is 8.31. The molecule has 0 aromatic heterocycles. The van der Waals surface area contributed by atoms with Gasteiger partial charge >= 0.3 is 0 Å². The molecule has 0 aliphatic heterocycles. The van der Waals surface area contributed by atoms with Crippen LogP contribution in [-0.4, -0.2) is 37.4 Å². The van der Waals surface area contributed by atoms with Crippen LogP contribution in [0.15, 0.2) is 0 Å². The van der Waals surface area contributed by atoms with Gasteiger partial charge in [0.1, 0.15) is 17.5 Å². The molecule has 4 nitrogen and oxygen atoms in total. The molecule has 0 aliphatic rings. The molecule has 0 rings (SSSR count). The highest BCUT2D eigenvalue weighted by Gasteiger charge is 2.42. The third-order valence-electron chi connectivity index (χ3n) is 2.93. The summed E-state index contributed by atoms with van der Waals surface area (Å²) in [6.07, 6.45) is 0. The normalized spacial score (nSPS) is 20.6. The zero-order valence-electron chi connectivity index (χ0n) is 11.9. The lowest BCUT2D eigenvalue weighted by atomic mass is 10.7. The van der Waals surface area contributed by atoms with Crippen LogP contribution in [0.4, 0.5) is 0 Å². The lowest BCUT2D eigenvalue weighted by Crippen LogP contribution is -2.27. The van der Waals surface area contributed by atoms with Crippen molar-refractivity contribution in [1.29, 1.82) is 0 Å². The zero-order valence-corrected chi connectivity index (χ0v) is 12.8. The van der Waals surface area contributed by atoms with Crippen LogP contribution in [0.1, 0.15) is 41.5 Å². The number of hydrogen-bond donors (Lipinski definition) is 0. The van der Waals surface area contributed by atoms with Gasteiger partial charge in [-0.05, 0) is 41.5 Å². The van der Waals surface area contributed by atoms with Gasteiger partial charge in [0.2, 0.25) is 0 Å². The van der Waals surface area contributed by atoms with Crippen LogP contribution in [0, 0.1) is 0 Å². The minimum absolute atomic E-state index is 0.337. The summed E-state index contributed by atoms with van der Waals surface area (Å²) >= 11 is 0. The molecule has 0 fully saturated rings. The van der Waals surface area contributed by atoms with E-state index in [1.807, 2.05) is 41.5 Å². The van der Waals surface area contributed by atoms with E-state index in [1.165, 1.54) is 0 Å². The summed E-state index contributed by atoms with van der Waals surface area (Å²) in [6, 6.07) is 0. The number of rotatable bonds is 9. The molecule has 0 radical (unpaired) electrons. The van der Waals surface area contributed by atoms with Crippen LogP contribution < -0.4 is 0 Å². The molecule has 3 unspecified atom stereocenters. The second-order valence-corrected chi connectivity index (χ2v) is 7.64. The molecular weight excluding hydrogens is 239 g/mol. The maximum atomic E-state index is 13.1. The van der Waals surface area contributed by atoms with E-state index in [-0.39, 0.29) is 17.5 Å². The average Bonchev–Trinajstić information content (AvgIpc) is 2.28. The minimum Gasteiger partial charge on any atom is -0.371 e. The van der Waals surface area contributed by atoms with Crippen LogP contribution in [-0.2, 0) is 18.8 Å². The van der Waals surface area contributed by atoms with E-state index in [1.54, 1.807) is 0 Å². The molecule has 0 heterocycles. The van der Waals surface area contributed by atoms with Gasteiger partial charge < -0.3 is 18.8 Å². The maximum Gasteiger partial charge on any atom is 0.168 e. The summed E-state index contributed by atoms with van der Waals surface area (Å²) in [6.45, 7) is 12.9. The van der Waals surface area contributed by atoms with Crippen molar-refractivity contribution in [3.05, 3.63) is 0 Å². The smallest absolute Gasteiger partial charge is 0.168 e. The van der Waals surface area contributed by atoms with Crippen molar-refractivity contribution >= 4 is 7.14 Å².